The molecule has 8 heteroatoms. The third-order valence-corrected chi connectivity index (χ3v) is 4.55. The van der Waals surface area contributed by atoms with E-state index in [0.29, 0.717) is 5.13 Å². The summed E-state index contributed by atoms with van der Waals surface area (Å²) >= 11 is 1.31. The van der Waals surface area contributed by atoms with Gasteiger partial charge in [0, 0.05) is 6.42 Å². The normalized spacial score (nSPS) is 14.2. The van der Waals surface area contributed by atoms with Crippen LogP contribution in [0.25, 0.3) is 10.2 Å². The van der Waals surface area contributed by atoms with E-state index in [0.717, 1.165) is 10.2 Å². The van der Waals surface area contributed by atoms with Gasteiger partial charge in [0.25, 0.3) is 0 Å². The van der Waals surface area contributed by atoms with Crippen molar-refractivity contribution in [2.75, 3.05) is 5.32 Å². The number of aromatic nitrogens is 1. The topological polar surface area (TPSA) is 112 Å². The number of rotatable bonds is 5. The largest absolute Gasteiger partial charge is 0.465 e. The molecule has 0 aliphatic heterocycles. The number of thiazole rings is 1. The van der Waals surface area contributed by atoms with Gasteiger partial charge < -0.3 is 20.8 Å². The van der Waals surface area contributed by atoms with Crippen LogP contribution >= 0.6 is 11.3 Å². The van der Waals surface area contributed by atoms with Crippen molar-refractivity contribution < 1.29 is 19.8 Å². The molecule has 0 radical (unpaired) electrons. The summed E-state index contributed by atoms with van der Waals surface area (Å²) in [6.07, 6.45) is -2.18. The van der Waals surface area contributed by atoms with Crippen molar-refractivity contribution in [2.45, 2.75) is 39.3 Å². The summed E-state index contributed by atoms with van der Waals surface area (Å²) in [5, 5.41) is 24.3. The van der Waals surface area contributed by atoms with Gasteiger partial charge >= 0.3 is 6.09 Å². The molecule has 0 fully saturated rings. The van der Waals surface area contributed by atoms with E-state index in [4.69, 9.17) is 5.11 Å². The smallest absolute Gasteiger partial charge is 0.405 e. The number of nitrogens with one attached hydrogen (secondary N) is 2. The zero-order valence-corrected chi connectivity index (χ0v) is 14.6. The van der Waals surface area contributed by atoms with E-state index in [-0.39, 0.29) is 6.42 Å². The van der Waals surface area contributed by atoms with Gasteiger partial charge in [-0.2, -0.15) is 0 Å². The molecule has 2 aromatic rings. The van der Waals surface area contributed by atoms with Gasteiger partial charge in [-0.15, -0.1) is 0 Å². The van der Waals surface area contributed by atoms with Crippen LogP contribution in [0.4, 0.5) is 9.93 Å². The molecule has 0 aliphatic carbocycles. The molecule has 1 aromatic carbocycles. The first-order valence-corrected chi connectivity index (χ1v) is 8.32. The molecule has 0 spiro atoms. The highest BCUT2D eigenvalue weighted by Crippen LogP contribution is 2.26. The lowest BCUT2D eigenvalue weighted by molar-refractivity contribution is -0.119. The second-order valence-electron chi connectivity index (χ2n) is 6.60. The second-order valence-corrected chi connectivity index (χ2v) is 7.63. The summed E-state index contributed by atoms with van der Waals surface area (Å²) in [5.41, 5.74) is 0.296. The number of amides is 2. The zero-order chi connectivity index (χ0) is 17.9. The molecule has 0 saturated heterocycles. The van der Waals surface area contributed by atoms with Crippen molar-refractivity contribution in [2.24, 2.45) is 5.41 Å². The first-order chi connectivity index (χ1) is 11.2. The molecule has 7 nitrogen and oxygen atoms in total. The van der Waals surface area contributed by atoms with Gasteiger partial charge in [0.15, 0.2) is 5.13 Å². The molecule has 1 aromatic heterocycles. The fraction of sp³-hybridized carbons (Fsp3) is 0.438. The SMILES string of the molecule is CC(C)(C)C(O)C[C@H](NC(=O)O)C(=O)Nc1nc2ccccc2s1. The van der Waals surface area contributed by atoms with E-state index in [9.17, 15) is 14.7 Å². The summed E-state index contributed by atoms with van der Waals surface area (Å²) in [4.78, 5) is 27.6. The highest BCUT2D eigenvalue weighted by molar-refractivity contribution is 7.22. The van der Waals surface area contributed by atoms with Crippen molar-refractivity contribution in [1.82, 2.24) is 10.3 Å². The van der Waals surface area contributed by atoms with Crippen LogP contribution in [-0.2, 0) is 4.79 Å². The number of fused-ring (bicyclic) bond motifs is 1. The van der Waals surface area contributed by atoms with Gasteiger partial charge in [-0.1, -0.05) is 44.2 Å². The van der Waals surface area contributed by atoms with Crippen molar-refractivity contribution in [3.63, 3.8) is 0 Å². The number of hydrogen-bond donors (Lipinski definition) is 4. The number of carbonyl (C=O) groups is 2. The maximum absolute atomic E-state index is 12.4. The lowest BCUT2D eigenvalue weighted by Gasteiger charge is -2.28. The third kappa shape index (κ3) is 4.65. The van der Waals surface area contributed by atoms with Crippen LogP contribution in [0.5, 0.6) is 0 Å². The minimum atomic E-state index is -1.32. The van der Waals surface area contributed by atoms with E-state index in [1.165, 1.54) is 11.3 Å². The summed E-state index contributed by atoms with van der Waals surface area (Å²) in [5.74, 6) is -0.542. The van der Waals surface area contributed by atoms with E-state index in [2.05, 4.69) is 15.6 Å². The summed E-state index contributed by atoms with van der Waals surface area (Å²) in [6.45, 7) is 5.46. The van der Waals surface area contributed by atoms with Crippen molar-refractivity contribution in [1.29, 1.82) is 0 Å². The molecule has 1 heterocycles. The second kappa shape index (κ2) is 7.14. The molecular formula is C16H21N3O4S. The number of para-hydroxylation sites is 1. The highest BCUT2D eigenvalue weighted by Gasteiger charge is 2.30. The summed E-state index contributed by atoms with van der Waals surface area (Å²) in [7, 11) is 0. The molecule has 2 rings (SSSR count). The third-order valence-electron chi connectivity index (χ3n) is 3.60. The molecule has 2 atom stereocenters. The number of nitrogens with zero attached hydrogens (tertiary/aromatic N) is 1. The van der Waals surface area contributed by atoms with Crippen LogP contribution in [0.1, 0.15) is 27.2 Å². The van der Waals surface area contributed by atoms with Crippen LogP contribution in [0.15, 0.2) is 24.3 Å². The Hall–Kier alpha value is -2.19. The lowest BCUT2D eigenvalue weighted by atomic mass is 9.85. The Morgan fingerprint density at radius 3 is 2.54 bits per heavy atom. The van der Waals surface area contributed by atoms with Crippen LogP contribution in [0.3, 0.4) is 0 Å². The van der Waals surface area contributed by atoms with Gasteiger partial charge in [-0.25, -0.2) is 9.78 Å². The van der Waals surface area contributed by atoms with Crippen LogP contribution in [0, 0.1) is 5.41 Å². The fourth-order valence-corrected chi connectivity index (χ4v) is 2.94. The van der Waals surface area contributed by atoms with E-state index < -0.39 is 29.6 Å². The summed E-state index contributed by atoms with van der Waals surface area (Å²) in [6, 6.07) is 6.38. The predicted octanol–water partition coefficient (Wildman–Crippen LogP) is 2.67. The maximum Gasteiger partial charge on any atom is 0.405 e. The quantitative estimate of drug-likeness (QED) is 0.662. The molecule has 4 N–H and O–H groups in total. The van der Waals surface area contributed by atoms with E-state index in [1.54, 1.807) is 0 Å². The maximum atomic E-state index is 12.4. The molecular weight excluding hydrogens is 330 g/mol. The molecule has 0 saturated carbocycles. The first kappa shape index (κ1) is 18.2. The van der Waals surface area contributed by atoms with Crippen molar-refractivity contribution >= 4 is 38.7 Å². The number of carbonyl (C=O) groups excluding carboxylic acids is 1. The molecule has 0 aliphatic rings. The number of aliphatic hydroxyl groups excluding tert-OH is 1. The molecule has 24 heavy (non-hydrogen) atoms. The van der Waals surface area contributed by atoms with Crippen LogP contribution in [0.2, 0.25) is 0 Å². The van der Waals surface area contributed by atoms with Gasteiger partial charge in [0.1, 0.15) is 6.04 Å². The monoisotopic (exact) mass is 351 g/mol. The van der Waals surface area contributed by atoms with Gasteiger partial charge in [-0.05, 0) is 17.5 Å². The van der Waals surface area contributed by atoms with Gasteiger partial charge in [0.2, 0.25) is 5.91 Å². The predicted molar refractivity (Wildman–Crippen MR) is 93.3 cm³/mol. The van der Waals surface area contributed by atoms with Crippen LogP contribution in [-0.4, -0.2) is 39.3 Å². The van der Waals surface area contributed by atoms with Crippen molar-refractivity contribution in [3.8, 4) is 0 Å². The Labute approximate surface area is 143 Å². The first-order valence-electron chi connectivity index (χ1n) is 7.51. The molecule has 130 valence electrons. The average Bonchev–Trinajstić information content (AvgIpc) is 2.87. The van der Waals surface area contributed by atoms with Gasteiger partial charge in [0.05, 0.1) is 16.3 Å². The average molecular weight is 351 g/mol. The Kier molecular flexibility index (Phi) is 5.40. The number of anilines is 1. The minimum absolute atomic E-state index is 0.0213. The molecule has 0 bridgehead atoms. The van der Waals surface area contributed by atoms with E-state index >= 15 is 0 Å². The van der Waals surface area contributed by atoms with Crippen molar-refractivity contribution in [3.05, 3.63) is 24.3 Å². The fourth-order valence-electron chi connectivity index (χ4n) is 2.08. The molecule has 2 amide bonds. The Morgan fingerprint density at radius 2 is 1.96 bits per heavy atom. The summed E-state index contributed by atoms with van der Waals surface area (Å²) < 4.78 is 0.922. The Balaban J connectivity index is 2.13. The Bertz CT molecular complexity index is 705. The number of hydrogen-bond acceptors (Lipinski definition) is 5. The highest BCUT2D eigenvalue weighted by atomic mass is 32.1. The number of benzene rings is 1. The Morgan fingerprint density at radius 1 is 1.29 bits per heavy atom. The number of carboxylic acid groups (broad SMARTS) is 1. The minimum Gasteiger partial charge on any atom is -0.465 e. The van der Waals surface area contributed by atoms with Crippen LogP contribution < -0.4 is 10.6 Å². The molecule has 1 unspecified atom stereocenters. The van der Waals surface area contributed by atoms with Gasteiger partial charge in [-0.3, -0.25) is 4.79 Å². The van der Waals surface area contributed by atoms with E-state index in [1.807, 2.05) is 45.0 Å². The lowest BCUT2D eigenvalue weighted by Crippen LogP contribution is -2.47. The standard InChI is InChI=1S/C16H21N3O4S/c1-16(2,3)12(20)8-10(18-15(22)23)13(21)19-14-17-9-6-4-5-7-11(9)24-14/h4-7,10,12,18,20H,8H2,1-3H3,(H,22,23)(H,17,19,21)/t10-,12?/m0/s1. The zero-order valence-electron chi connectivity index (χ0n) is 13.7. The number of aliphatic hydroxyl groups is 1.